The van der Waals surface area contributed by atoms with Crippen LogP contribution < -0.4 is 5.73 Å². The highest BCUT2D eigenvalue weighted by Crippen LogP contribution is 2.18. The molecule has 112 valence electrons. The fraction of sp³-hybridized carbons (Fsp3) is 0.438. The molecule has 1 aromatic heterocycles. The molecule has 2 heterocycles. The molecule has 3 rings (SSSR count). The van der Waals surface area contributed by atoms with Crippen molar-refractivity contribution < 1.29 is 4.79 Å². The number of rotatable bonds is 3. The van der Waals surface area contributed by atoms with Crippen LogP contribution in [0.1, 0.15) is 5.56 Å². The molecule has 1 aliphatic heterocycles. The van der Waals surface area contributed by atoms with E-state index in [9.17, 15) is 4.79 Å². The molecule has 1 aromatic carbocycles. The highest BCUT2D eigenvalue weighted by atomic mass is 16.2. The zero-order chi connectivity index (χ0) is 14.8. The van der Waals surface area contributed by atoms with E-state index < -0.39 is 0 Å². The zero-order valence-corrected chi connectivity index (χ0v) is 12.5. The molecule has 0 bridgehead atoms. The Morgan fingerprint density at radius 2 is 1.95 bits per heavy atom. The third-order valence-corrected chi connectivity index (χ3v) is 4.24. The second kappa shape index (κ2) is 5.87. The highest BCUT2D eigenvalue weighted by Gasteiger charge is 2.19. The van der Waals surface area contributed by atoms with Crippen molar-refractivity contribution in [2.45, 2.75) is 13.1 Å². The molecule has 1 fully saturated rings. The van der Waals surface area contributed by atoms with E-state index in [0.717, 1.165) is 42.6 Å². The average molecular weight is 286 g/mol. The number of nitrogens with zero attached hydrogens (tertiary/aromatic N) is 3. The van der Waals surface area contributed by atoms with E-state index in [1.165, 1.54) is 0 Å². The first kappa shape index (κ1) is 14.1. The topological polar surface area (TPSA) is 54.5 Å². The Morgan fingerprint density at radius 1 is 1.19 bits per heavy atom. The number of benzene rings is 1. The van der Waals surface area contributed by atoms with Crippen LogP contribution in [0.5, 0.6) is 0 Å². The van der Waals surface area contributed by atoms with Crippen molar-refractivity contribution in [3.8, 4) is 0 Å². The lowest BCUT2D eigenvalue weighted by atomic mass is 10.1. The van der Waals surface area contributed by atoms with Crippen molar-refractivity contribution in [1.82, 2.24) is 14.4 Å². The molecule has 5 heteroatoms. The van der Waals surface area contributed by atoms with Gasteiger partial charge in [-0.2, -0.15) is 0 Å². The van der Waals surface area contributed by atoms with Crippen LogP contribution >= 0.6 is 0 Å². The van der Waals surface area contributed by atoms with Crippen molar-refractivity contribution in [2.24, 2.45) is 5.73 Å². The van der Waals surface area contributed by atoms with Gasteiger partial charge in [-0.25, -0.2) is 0 Å². The molecular formula is C16H22N4O. The SMILES string of the molecule is CN1CCN(C(=O)Cn2ccc3ccc(CN)cc32)CC1. The van der Waals surface area contributed by atoms with Gasteiger partial charge in [0.1, 0.15) is 6.54 Å². The first-order valence-electron chi connectivity index (χ1n) is 7.41. The van der Waals surface area contributed by atoms with Crippen LogP contribution in [-0.2, 0) is 17.9 Å². The Labute approximate surface area is 124 Å². The summed E-state index contributed by atoms with van der Waals surface area (Å²) < 4.78 is 2.02. The summed E-state index contributed by atoms with van der Waals surface area (Å²) >= 11 is 0. The summed E-state index contributed by atoms with van der Waals surface area (Å²) in [5, 5.41) is 1.15. The van der Waals surface area contributed by atoms with Gasteiger partial charge in [-0.05, 0) is 30.1 Å². The average Bonchev–Trinajstić information content (AvgIpc) is 2.90. The van der Waals surface area contributed by atoms with Gasteiger partial charge in [-0.15, -0.1) is 0 Å². The molecule has 1 amide bonds. The quantitative estimate of drug-likeness (QED) is 0.911. The van der Waals surface area contributed by atoms with Crippen molar-refractivity contribution in [3.63, 3.8) is 0 Å². The molecule has 2 N–H and O–H groups in total. The van der Waals surface area contributed by atoms with Crippen molar-refractivity contribution in [3.05, 3.63) is 36.0 Å². The molecule has 0 unspecified atom stereocenters. The van der Waals surface area contributed by atoms with Gasteiger partial charge in [0.05, 0.1) is 0 Å². The summed E-state index contributed by atoms with van der Waals surface area (Å²) in [6, 6.07) is 8.23. The molecule has 0 spiro atoms. The number of carbonyl (C=O) groups excluding carboxylic acids is 1. The van der Waals surface area contributed by atoms with E-state index in [0.29, 0.717) is 13.1 Å². The van der Waals surface area contributed by atoms with Crippen LogP contribution in [0.15, 0.2) is 30.5 Å². The Morgan fingerprint density at radius 3 is 2.67 bits per heavy atom. The number of carbonyl (C=O) groups is 1. The Balaban J connectivity index is 1.76. The summed E-state index contributed by atoms with van der Waals surface area (Å²) in [5.41, 5.74) is 7.88. The van der Waals surface area contributed by atoms with Crippen LogP contribution in [0.4, 0.5) is 0 Å². The summed E-state index contributed by atoms with van der Waals surface area (Å²) in [7, 11) is 2.09. The predicted molar refractivity (Wildman–Crippen MR) is 83.9 cm³/mol. The maximum absolute atomic E-state index is 12.4. The summed E-state index contributed by atoms with van der Waals surface area (Å²) in [4.78, 5) is 16.6. The lowest BCUT2D eigenvalue weighted by Gasteiger charge is -2.32. The van der Waals surface area contributed by atoms with E-state index >= 15 is 0 Å². The van der Waals surface area contributed by atoms with Gasteiger partial charge in [-0.3, -0.25) is 4.79 Å². The zero-order valence-electron chi connectivity index (χ0n) is 12.5. The number of amides is 1. The molecule has 21 heavy (non-hydrogen) atoms. The van der Waals surface area contributed by atoms with Gasteiger partial charge in [0.2, 0.25) is 5.91 Å². The number of likely N-dealkylation sites (N-methyl/N-ethyl adjacent to an activating group) is 1. The van der Waals surface area contributed by atoms with E-state index in [-0.39, 0.29) is 5.91 Å². The van der Waals surface area contributed by atoms with E-state index in [1.54, 1.807) is 0 Å². The maximum Gasteiger partial charge on any atom is 0.242 e. The van der Waals surface area contributed by atoms with Crippen LogP contribution in [0.3, 0.4) is 0 Å². The van der Waals surface area contributed by atoms with Gasteiger partial charge in [0.15, 0.2) is 0 Å². The summed E-state index contributed by atoms with van der Waals surface area (Å²) in [5.74, 6) is 0.193. The minimum Gasteiger partial charge on any atom is -0.339 e. The third kappa shape index (κ3) is 2.94. The second-order valence-corrected chi connectivity index (χ2v) is 5.72. The number of hydrogen-bond acceptors (Lipinski definition) is 3. The minimum absolute atomic E-state index is 0.193. The van der Waals surface area contributed by atoms with Gasteiger partial charge in [0, 0.05) is 44.4 Å². The maximum atomic E-state index is 12.4. The smallest absolute Gasteiger partial charge is 0.242 e. The van der Waals surface area contributed by atoms with E-state index in [2.05, 4.69) is 24.1 Å². The van der Waals surface area contributed by atoms with Gasteiger partial charge < -0.3 is 20.1 Å². The normalized spacial score (nSPS) is 16.6. The lowest BCUT2D eigenvalue weighted by Crippen LogP contribution is -2.48. The first-order valence-corrected chi connectivity index (χ1v) is 7.41. The van der Waals surface area contributed by atoms with Crippen LogP contribution in [0, 0.1) is 0 Å². The number of nitrogens with two attached hydrogens (primary N) is 1. The predicted octanol–water partition coefficient (Wildman–Crippen LogP) is 0.874. The highest BCUT2D eigenvalue weighted by molar-refractivity contribution is 5.84. The number of hydrogen-bond donors (Lipinski definition) is 1. The molecule has 1 saturated heterocycles. The standard InChI is InChI=1S/C16H22N4O/c1-18-6-8-19(9-7-18)16(21)12-20-5-4-14-3-2-13(11-17)10-15(14)20/h2-5,10H,6-9,11-12,17H2,1H3. The Kier molecular flexibility index (Phi) is 3.94. The first-order chi connectivity index (χ1) is 10.2. The van der Waals surface area contributed by atoms with E-state index in [4.69, 9.17) is 5.73 Å². The van der Waals surface area contributed by atoms with E-state index in [1.807, 2.05) is 27.8 Å². The number of aromatic nitrogens is 1. The molecule has 5 nitrogen and oxygen atoms in total. The summed E-state index contributed by atoms with van der Waals surface area (Å²) in [6.45, 7) is 4.48. The molecule has 0 aliphatic carbocycles. The molecule has 0 radical (unpaired) electrons. The monoisotopic (exact) mass is 286 g/mol. The van der Waals surface area contributed by atoms with Crippen molar-refractivity contribution in [1.29, 1.82) is 0 Å². The fourth-order valence-electron chi connectivity index (χ4n) is 2.80. The summed E-state index contributed by atoms with van der Waals surface area (Å²) in [6.07, 6.45) is 1.99. The Bertz CT molecular complexity index is 641. The van der Waals surface area contributed by atoms with Crippen LogP contribution in [-0.4, -0.2) is 53.5 Å². The molecule has 0 saturated carbocycles. The second-order valence-electron chi connectivity index (χ2n) is 5.72. The third-order valence-electron chi connectivity index (χ3n) is 4.24. The lowest BCUT2D eigenvalue weighted by molar-refractivity contribution is -0.133. The Hall–Kier alpha value is -1.85. The van der Waals surface area contributed by atoms with Crippen molar-refractivity contribution >= 4 is 16.8 Å². The van der Waals surface area contributed by atoms with Gasteiger partial charge in [-0.1, -0.05) is 12.1 Å². The minimum atomic E-state index is 0.193. The number of fused-ring (bicyclic) bond motifs is 1. The van der Waals surface area contributed by atoms with Gasteiger partial charge in [0.25, 0.3) is 0 Å². The molecular weight excluding hydrogens is 264 g/mol. The van der Waals surface area contributed by atoms with Crippen LogP contribution in [0.25, 0.3) is 10.9 Å². The fourth-order valence-corrected chi connectivity index (χ4v) is 2.80. The van der Waals surface area contributed by atoms with Crippen molar-refractivity contribution in [2.75, 3.05) is 33.2 Å². The molecule has 2 aromatic rings. The largest absolute Gasteiger partial charge is 0.339 e. The molecule has 0 atom stereocenters. The van der Waals surface area contributed by atoms with Crippen LogP contribution in [0.2, 0.25) is 0 Å². The number of piperazine rings is 1. The molecule has 1 aliphatic rings. The van der Waals surface area contributed by atoms with Gasteiger partial charge >= 0.3 is 0 Å².